The molecule has 2 rings (SSSR count). The van der Waals surface area contributed by atoms with Crippen LogP contribution in [-0.4, -0.2) is 34.3 Å². The van der Waals surface area contributed by atoms with Crippen LogP contribution >= 0.6 is 11.3 Å². The number of thiazole rings is 1. The molecule has 104 valence electrons. The van der Waals surface area contributed by atoms with E-state index in [1.54, 1.807) is 10.4 Å². The minimum Gasteiger partial charge on any atom is -0.368 e. The number of carbonyl (C=O) groups is 2. The van der Waals surface area contributed by atoms with Gasteiger partial charge >= 0.3 is 0 Å². The molecule has 2 N–H and O–H groups in total. The number of nitrogens with two attached hydrogens (primary N) is 1. The molecular weight excluding hydrogens is 262 g/mol. The Morgan fingerprint density at radius 1 is 1.68 bits per heavy atom. The summed E-state index contributed by atoms with van der Waals surface area (Å²) in [7, 11) is 0. The van der Waals surface area contributed by atoms with Gasteiger partial charge in [-0.2, -0.15) is 0 Å². The van der Waals surface area contributed by atoms with Gasteiger partial charge in [-0.1, -0.05) is 13.3 Å². The van der Waals surface area contributed by atoms with Crippen LogP contribution in [0.2, 0.25) is 0 Å². The van der Waals surface area contributed by atoms with Gasteiger partial charge in [-0.15, -0.1) is 11.3 Å². The first-order chi connectivity index (χ1) is 9.11. The summed E-state index contributed by atoms with van der Waals surface area (Å²) < 4.78 is 0. The Balaban J connectivity index is 2.07. The van der Waals surface area contributed by atoms with Crippen molar-refractivity contribution in [3.05, 3.63) is 16.6 Å². The number of primary amides is 1. The Morgan fingerprint density at radius 3 is 3.05 bits per heavy atom. The molecule has 19 heavy (non-hydrogen) atoms. The summed E-state index contributed by atoms with van der Waals surface area (Å²) in [5.41, 5.74) is 8.00. The van der Waals surface area contributed by atoms with Crippen LogP contribution in [-0.2, 0) is 16.0 Å². The fraction of sp³-hybridized carbons (Fsp3) is 0.615. The number of likely N-dealkylation sites (tertiary alicyclic amines) is 1. The van der Waals surface area contributed by atoms with E-state index in [9.17, 15) is 9.59 Å². The Bertz CT molecular complexity index is 447. The van der Waals surface area contributed by atoms with E-state index in [4.69, 9.17) is 5.73 Å². The van der Waals surface area contributed by atoms with Gasteiger partial charge in [0.25, 0.3) is 0 Å². The largest absolute Gasteiger partial charge is 0.368 e. The molecule has 0 saturated carbocycles. The van der Waals surface area contributed by atoms with Crippen molar-refractivity contribution in [3.8, 4) is 0 Å². The normalized spacial score (nSPS) is 20.8. The smallest absolute Gasteiger partial charge is 0.240 e. The number of carbonyl (C=O) groups excluding carboxylic acids is 2. The second kappa shape index (κ2) is 6.14. The quantitative estimate of drug-likeness (QED) is 0.851. The van der Waals surface area contributed by atoms with Crippen LogP contribution in [0.4, 0.5) is 0 Å². The maximum Gasteiger partial charge on any atom is 0.240 e. The number of hydrogen-bond acceptors (Lipinski definition) is 4. The van der Waals surface area contributed by atoms with Crippen LogP contribution in [0.25, 0.3) is 0 Å². The van der Waals surface area contributed by atoms with Crippen LogP contribution in [0.1, 0.15) is 31.9 Å². The molecule has 1 aliphatic heterocycles. The van der Waals surface area contributed by atoms with Gasteiger partial charge in [0.2, 0.25) is 11.8 Å². The molecular formula is C13H19N3O2S. The van der Waals surface area contributed by atoms with Crippen LogP contribution < -0.4 is 5.73 Å². The monoisotopic (exact) mass is 281 g/mol. The summed E-state index contributed by atoms with van der Waals surface area (Å²) in [6.07, 6.45) is 3.03. The van der Waals surface area contributed by atoms with E-state index in [0.717, 1.165) is 18.5 Å². The van der Waals surface area contributed by atoms with Gasteiger partial charge in [0.15, 0.2) is 0 Å². The zero-order valence-electron chi connectivity index (χ0n) is 11.0. The number of aromatic nitrogens is 1. The summed E-state index contributed by atoms with van der Waals surface area (Å²) in [6.45, 7) is 2.75. The van der Waals surface area contributed by atoms with E-state index in [1.807, 2.05) is 5.38 Å². The van der Waals surface area contributed by atoms with Gasteiger partial charge < -0.3 is 10.6 Å². The van der Waals surface area contributed by atoms with Crippen molar-refractivity contribution in [2.45, 2.75) is 38.6 Å². The summed E-state index contributed by atoms with van der Waals surface area (Å²) in [5, 5.41) is 1.89. The van der Waals surface area contributed by atoms with Gasteiger partial charge in [0.05, 0.1) is 11.2 Å². The number of hydrogen-bond donors (Lipinski definition) is 1. The highest BCUT2D eigenvalue weighted by molar-refractivity contribution is 7.07. The molecule has 0 radical (unpaired) electrons. The molecule has 2 amide bonds. The Morgan fingerprint density at radius 2 is 2.47 bits per heavy atom. The van der Waals surface area contributed by atoms with Crippen molar-refractivity contribution in [2.24, 2.45) is 11.7 Å². The highest BCUT2D eigenvalue weighted by Gasteiger charge is 2.36. The lowest BCUT2D eigenvalue weighted by Gasteiger charge is -2.25. The third-order valence-electron chi connectivity index (χ3n) is 3.53. The molecule has 0 bridgehead atoms. The highest BCUT2D eigenvalue weighted by Crippen LogP contribution is 2.25. The van der Waals surface area contributed by atoms with Crippen LogP contribution in [0, 0.1) is 5.92 Å². The summed E-state index contributed by atoms with van der Waals surface area (Å²) in [5.74, 6) is -0.0502. The van der Waals surface area contributed by atoms with Crippen molar-refractivity contribution < 1.29 is 9.59 Å². The summed E-state index contributed by atoms with van der Waals surface area (Å²) in [4.78, 5) is 29.5. The van der Waals surface area contributed by atoms with Crippen LogP contribution in [0.5, 0.6) is 0 Å². The van der Waals surface area contributed by atoms with Crippen LogP contribution in [0.3, 0.4) is 0 Å². The predicted octanol–water partition coefficient (Wildman–Crippen LogP) is 1.19. The van der Waals surface area contributed by atoms with Crippen molar-refractivity contribution in [3.63, 3.8) is 0 Å². The van der Waals surface area contributed by atoms with Crippen molar-refractivity contribution in [2.75, 3.05) is 6.54 Å². The molecule has 1 aromatic rings. The van der Waals surface area contributed by atoms with E-state index in [1.165, 1.54) is 11.3 Å². The molecule has 2 heterocycles. The molecule has 1 saturated heterocycles. The fourth-order valence-corrected chi connectivity index (χ4v) is 3.18. The van der Waals surface area contributed by atoms with E-state index in [2.05, 4.69) is 11.9 Å². The number of amides is 2. The summed E-state index contributed by atoms with van der Waals surface area (Å²) >= 11 is 1.48. The third-order valence-corrected chi connectivity index (χ3v) is 4.16. The Labute approximate surface area is 116 Å². The molecule has 5 nitrogen and oxygen atoms in total. The molecule has 1 aliphatic rings. The Hall–Kier alpha value is -1.43. The van der Waals surface area contributed by atoms with Crippen molar-refractivity contribution >= 4 is 23.2 Å². The lowest BCUT2D eigenvalue weighted by atomic mass is 10.0. The van der Waals surface area contributed by atoms with Gasteiger partial charge in [-0.05, 0) is 12.3 Å². The van der Waals surface area contributed by atoms with Gasteiger partial charge in [0, 0.05) is 24.8 Å². The SMILES string of the molecule is CCCC1CC(=O)N(C(Cc2cscn2)C(N)=O)C1. The van der Waals surface area contributed by atoms with Gasteiger partial charge in [-0.25, -0.2) is 4.98 Å². The lowest BCUT2D eigenvalue weighted by molar-refractivity contribution is -0.136. The van der Waals surface area contributed by atoms with Crippen molar-refractivity contribution in [1.82, 2.24) is 9.88 Å². The lowest BCUT2D eigenvalue weighted by Crippen LogP contribution is -2.47. The molecule has 6 heteroatoms. The second-order valence-electron chi connectivity index (χ2n) is 5.01. The second-order valence-corrected chi connectivity index (χ2v) is 5.73. The first-order valence-electron chi connectivity index (χ1n) is 6.57. The number of rotatable bonds is 6. The fourth-order valence-electron chi connectivity index (χ4n) is 2.61. The van der Waals surface area contributed by atoms with E-state index >= 15 is 0 Å². The van der Waals surface area contributed by atoms with E-state index < -0.39 is 11.9 Å². The third kappa shape index (κ3) is 3.32. The minimum atomic E-state index is -0.559. The van der Waals surface area contributed by atoms with Gasteiger partial charge in [0.1, 0.15) is 6.04 Å². The average Bonchev–Trinajstić information content (AvgIpc) is 2.96. The topological polar surface area (TPSA) is 76.3 Å². The van der Waals surface area contributed by atoms with Crippen LogP contribution in [0.15, 0.2) is 10.9 Å². The molecule has 1 fully saturated rings. The molecule has 0 spiro atoms. The average molecular weight is 281 g/mol. The Kier molecular flexibility index (Phi) is 4.52. The molecule has 2 atom stereocenters. The van der Waals surface area contributed by atoms with Gasteiger partial charge in [-0.3, -0.25) is 9.59 Å². The molecule has 1 aromatic heterocycles. The highest BCUT2D eigenvalue weighted by atomic mass is 32.1. The maximum absolute atomic E-state index is 12.0. The maximum atomic E-state index is 12.0. The standard InChI is InChI=1S/C13H19N3O2S/c1-2-3-9-4-12(17)16(6-9)11(13(14)18)5-10-7-19-8-15-10/h7-9,11H,2-6H2,1H3,(H2,14,18). The minimum absolute atomic E-state index is 0.0393. The summed E-state index contributed by atoms with van der Waals surface area (Å²) in [6, 6.07) is -0.559. The van der Waals surface area contributed by atoms with E-state index in [0.29, 0.717) is 25.3 Å². The zero-order chi connectivity index (χ0) is 13.8. The predicted molar refractivity (Wildman–Crippen MR) is 73.5 cm³/mol. The first kappa shape index (κ1) is 14.0. The zero-order valence-corrected chi connectivity index (χ0v) is 11.9. The number of nitrogens with zero attached hydrogens (tertiary/aromatic N) is 2. The first-order valence-corrected chi connectivity index (χ1v) is 7.52. The molecule has 2 unspecified atom stereocenters. The molecule has 0 aliphatic carbocycles. The molecule has 0 aromatic carbocycles. The van der Waals surface area contributed by atoms with Crippen molar-refractivity contribution in [1.29, 1.82) is 0 Å². The van der Waals surface area contributed by atoms with E-state index in [-0.39, 0.29) is 5.91 Å².